The first-order chi connectivity index (χ1) is 9.11. The molecule has 0 aliphatic carbocycles. The molecule has 0 spiro atoms. The second kappa shape index (κ2) is 7.87. The molecule has 0 aromatic heterocycles. The maximum absolute atomic E-state index is 12.0. The number of hydrogen-bond donors (Lipinski definition) is 1. The van der Waals surface area contributed by atoms with Gasteiger partial charge in [-0.05, 0) is 42.9 Å². The standard InChI is InChI=1S/C15H21ClN2O.ClH/c1-2-14(17)15(19)18-9-7-12(8-10-18)11-3-5-13(16)6-4-11;/h3-6,12,14H,2,7-10,17H2,1H3;1H/t14-;/m1./s1. The van der Waals surface area contributed by atoms with E-state index in [1.54, 1.807) is 0 Å². The Kier molecular flexibility index (Phi) is 6.80. The number of piperidine rings is 1. The van der Waals surface area contributed by atoms with Crippen molar-refractivity contribution in [2.24, 2.45) is 5.73 Å². The van der Waals surface area contributed by atoms with E-state index < -0.39 is 0 Å². The topological polar surface area (TPSA) is 46.3 Å². The highest BCUT2D eigenvalue weighted by Crippen LogP contribution is 2.29. The number of carbonyl (C=O) groups excluding carboxylic acids is 1. The second-order valence-electron chi connectivity index (χ2n) is 5.17. The molecule has 1 amide bonds. The SMILES string of the molecule is CC[C@@H](N)C(=O)N1CCC(c2ccc(Cl)cc2)CC1.Cl. The van der Waals surface area contributed by atoms with Gasteiger partial charge in [0, 0.05) is 18.1 Å². The van der Waals surface area contributed by atoms with Crippen LogP contribution in [-0.2, 0) is 4.79 Å². The molecule has 1 aliphatic rings. The highest BCUT2D eigenvalue weighted by molar-refractivity contribution is 6.30. The van der Waals surface area contributed by atoms with Crippen molar-refractivity contribution >= 4 is 29.9 Å². The summed E-state index contributed by atoms with van der Waals surface area (Å²) in [5.74, 6) is 0.622. The first-order valence-corrected chi connectivity index (χ1v) is 7.29. The molecule has 1 atom stereocenters. The van der Waals surface area contributed by atoms with E-state index in [0.29, 0.717) is 12.3 Å². The van der Waals surface area contributed by atoms with Gasteiger partial charge in [0.2, 0.25) is 5.91 Å². The first kappa shape index (κ1) is 17.3. The average molecular weight is 317 g/mol. The largest absolute Gasteiger partial charge is 0.341 e. The van der Waals surface area contributed by atoms with Crippen LogP contribution in [0.1, 0.15) is 37.7 Å². The fraction of sp³-hybridized carbons (Fsp3) is 0.533. The van der Waals surface area contributed by atoms with E-state index in [9.17, 15) is 4.79 Å². The lowest BCUT2D eigenvalue weighted by atomic mass is 9.89. The Bertz CT molecular complexity index is 428. The van der Waals surface area contributed by atoms with E-state index in [1.807, 2.05) is 24.0 Å². The lowest BCUT2D eigenvalue weighted by molar-refractivity contribution is -0.133. The summed E-state index contributed by atoms with van der Waals surface area (Å²) < 4.78 is 0. The molecule has 5 heteroatoms. The van der Waals surface area contributed by atoms with Crippen LogP contribution in [0.15, 0.2) is 24.3 Å². The molecule has 1 aliphatic heterocycles. The van der Waals surface area contributed by atoms with Crippen molar-refractivity contribution in [3.8, 4) is 0 Å². The third-order valence-electron chi connectivity index (χ3n) is 3.91. The van der Waals surface area contributed by atoms with Crippen molar-refractivity contribution in [2.45, 2.75) is 38.1 Å². The second-order valence-corrected chi connectivity index (χ2v) is 5.60. The minimum absolute atomic E-state index is 0. The molecular formula is C15H22Cl2N2O. The van der Waals surface area contributed by atoms with Gasteiger partial charge in [0.25, 0.3) is 0 Å². The van der Waals surface area contributed by atoms with Crippen LogP contribution in [0, 0.1) is 0 Å². The molecule has 3 nitrogen and oxygen atoms in total. The van der Waals surface area contributed by atoms with E-state index >= 15 is 0 Å². The number of halogens is 2. The Morgan fingerprint density at radius 3 is 2.40 bits per heavy atom. The van der Waals surface area contributed by atoms with Gasteiger partial charge < -0.3 is 10.6 Å². The molecule has 2 rings (SSSR count). The van der Waals surface area contributed by atoms with E-state index in [4.69, 9.17) is 17.3 Å². The number of rotatable bonds is 3. The lowest BCUT2D eigenvalue weighted by Gasteiger charge is -2.33. The average Bonchev–Trinajstić information content (AvgIpc) is 2.46. The summed E-state index contributed by atoms with van der Waals surface area (Å²) in [5.41, 5.74) is 7.12. The zero-order valence-corrected chi connectivity index (χ0v) is 13.3. The van der Waals surface area contributed by atoms with Crippen molar-refractivity contribution in [3.63, 3.8) is 0 Å². The third kappa shape index (κ3) is 4.11. The lowest BCUT2D eigenvalue weighted by Crippen LogP contribution is -2.46. The van der Waals surface area contributed by atoms with Crippen LogP contribution in [0.2, 0.25) is 5.02 Å². The minimum atomic E-state index is -0.341. The molecule has 0 bridgehead atoms. The smallest absolute Gasteiger partial charge is 0.239 e. The normalized spacial score (nSPS) is 17.4. The molecule has 2 N–H and O–H groups in total. The van der Waals surface area contributed by atoms with E-state index in [0.717, 1.165) is 31.0 Å². The maximum Gasteiger partial charge on any atom is 0.239 e. The van der Waals surface area contributed by atoms with E-state index in [-0.39, 0.29) is 24.4 Å². The number of likely N-dealkylation sites (tertiary alicyclic amines) is 1. The molecular weight excluding hydrogens is 295 g/mol. The maximum atomic E-state index is 12.0. The predicted molar refractivity (Wildman–Crippen MR) is 85.5 cm³/mol. The number of benzene rings is 1. The number of carbonyl (C=O) groups is 1. The van der Waals surface area contributed by atoms with Gasteiger partial charge in [-0.25, -0.2) is 0 Å². The van der Waals surface area contributed by atoms with Crippen molar-refractivity contribution in [2.75, 3.05) is 13.1 Å². The van der Waals surface area contributed by atoms with Crippen LogP contribution in [0.4, 0.5) is 0 Å². The Labute approximate surface area is 131 Å². The van der Waals surface area contributed by atoms with Gasteiger partial charge in [-0.3, -0.25) is 4.79 Å². The minimum Gasteiger partial charge on any atom is -0.341 e. The summed E-state index contributed by atoms with van der Waals surface area (Å²) >= 11 is 5.90. The molecule has 1 saturated heterocycles. The number of hydrogen-bond acceptors (Lipinski definition) is 2. The monoisotopic (exact) mass is 316 g/mol. The summed E-state index contributed by atoms with van der Waals surface area (Å²) in [7, 11) is 0. The summed E-state index contributed by atoms with van der Waals surface area (Å²) in [5, 5.41) is 0.769. The molecule has 20 heavy (non-hydrogen) atoms. The van der Waals surface area contributed by atoms with Gasteiger partial charge in [0.15, 0.2) is 0 Å². The zero-order chi connectivity index (χ0) is 13.8. The quantitative estimate of drug-likeness (QED) is 0.930. The van der Waals surface area contributed by atoms with Crippen LogP contribution < -0.4 is 5.73 Å². The van der Waals surface area contributed by atoms with Gasteiger partial charge in [-0.1, -0.05) is 30.7 Å². The van der Waals surface area contributed by atoms with Crippen LogP contribution in [0.25, 0.3) is 0 Å². The van der Waals surface area contributed by atoms with Gasteiger partial charge in [0.05, 0.1) is 6.04 Å². The van der Waals surface area contributed by atoms with Gasteiger partial charge in [0.1, 0.15) is 0 Å². The summed E-state index contributed by atoms with van der Waals surface area (Å²) in [6.45, 7) is 3.56. The van der Waals surface area contributed by atoms with Crippen molar-refractivity contribution in [3.05, 3.63) is 34.9 Å². The van der Waals surface area contributed by atoms with Gasteiger partial charge in [-0.15, -0.1) is 12.4 Å². The Morgan fingerprint density at radius 2 is 1.90 bits per heavy atom. The molecule has 112 valence electrons. The highest BCUT2D eigenvalue weighted by Gasteiger charge is 2.26. The summed E-state index contributed by atoms with van der Waals surface area (Å²) in [6.07, 6.45) is 2.71. The summed E-state index contributed by atoms with van der Waals surface area (Å²) in [6, 6.07) is 7.69. The van der Waals surface area contributed by atoms with Crippen molar-refractivity contribution in [1.82, 2.24) is 4.90 Å². The third-order valence-corrected chi connectivity index (χ3v) is 4.16. The van der Waals surface area contributed by atoms with Crippen LogP contribution >= 0.6 is 24.0 Å². The Morgan fingerprint density at radius 1 is 1.35 bits per heavy atom. The molecule has 0 saturated carbocycles. The van der Waals surface area contributed by atoms with Gasteiger partial charge in [-0.2, -0.15) is 0 Å². The zero-order valence-electron chi connectivity index (χ0n) is 11.7. The summed E-state index contributed by atoms with van der Waals surface area (Å²) in [4.78, 5) is 13.9. The molecule has 1 heterocycles. The number of nitrogens with zero attached hydrogens (tertiary/aromatic N) is 1. The highest BCUT2D eigenvalue weighted by atomic mass is 35.5. The molecule has 0 unspecified atom stereocenters. The van der Waals surface area contributed by atoms with Crippen LogP contribution in [-0.4, -0.2) is 29.9 Å². The van der Waals surface area contributed by atoms with Gasteiger partial charge >= 0.3 is 0 Å². The Hall–Kier alpha value is -0.770. The molecule has 1 aromatic rings. The number of amides is 1. The number of nitrogens with two attached hydrogens (primary N) is 1. The van der Waals surface area contributed by atoms with Crippen molar-refractivity contribution in [1.29, 1.82) is 0 Å². The molecule has 1 aromatic carbocycles. The fourth-order valence-corrected chi connectivity index (χ4v) is 2.70. The molecule has 0 radical (unpaired) electrons. The first-order valence-electron chi connectivity index (χ1n) is 6.91. The fourth-order valence-electron chi connectivity index (χ4n) is 2.58. The van der Waals surface area contributed by atoms with E-state index in [2.05, 4.69) is 12.1 Å². The van der Waals surface area contributed by atoms with E-state index in [1.165, 1.54) is 5.56 Å². The van der Waals surface area contributed by atoms with Crippen molar-refractivity contribution < 1.29 is 4.79 Å². The van der Waals surface area contributed by atoms with Crippen LogP contribution in [0.5, 0.6) is 0 Å². The Balaban J connectivity index is 0.00000200. The predicted octanol–water partition coefficient (Wildman–Crippen LogP) is 3.21. The van der Waals surface area contributed by atoms with Crippen LogP contribution in [0.3, 0.4) is 0 Å². The molecule has 1 fully saturated rings.